The summed E-state index contributed by atoms with van der Waals surface area (Å²) in [6, 6.07) is 15.2. The van der Waals surface area contributed by atoms with Crippen molar-refractivity contribution in [3.63, 3.8) is 0 Å². The fourth-order valence-electron chi connectivity index (χ4n) is 2.48. The number of ether oxygens (including phenoxy) is 1. The zero-order chi connectivity index (χ0) is 18.2. The van der Waals surface area contributed by atoms with E-state index in [1.165, 1.54) is 11.1 Å². The van der Waals surface area contributed by atoms with Crippen LogP contribution in [0.15, 0.2) is 48.5 Å². The Morgan fingerprint density at radius 1 is 1.08 bits per heavy atom. The number of hydrogen-bond acceptors (Lipinski definition) is 3. The highest BCUT2D eigenvalue weighted by atomic mass is 16.5. The summed E-state index contributed by atoms with van der Waals surface area (Å²) in [5, 5.41) is 15.7. The van der Waals surface area contributed by atoms with Crippen molar-refractivity contribution < 1.29 is 14.6 Å². The van der Waals surface area contributed by atoms with Gasteiger partial charge in [0.2, 0.25) is 0 Å². The van der Waals surface area contributed by atoms with Crippen molar-refractivity contribution in [1.29, 1.82) is 0 Å². The molecular formula is C20H26N2O3. The van der Waals surface area contributed by atoms with Crippen LogP contribution in [0.3, 0.4) is 0 Å². The first-order chi connectivity index (χ1) is 12.0. The minimum absolute atomic E-state index is 0.137. The van der Waals surface area contributed by atoms with Crippen LogP contribution in [0.5, 0.6) is 5.75 Å². The summed E-state index contributed by atoms with van der Waals surface area (Å²) < 4.78 is 5.13. The molecule has 2 unspecified atom stereocenters. The number of methoxy groups -OCH3 is 1. The number of urea groups is 1. The van der Waals surface area contributed by atoms with E-state index in [0.29, 0.717) is 17.9 Å². The molecule has 2 rings (SSSR count). The summed E-state index contributed by atoms with van der Waals surface area (Å²) in [7, 11) is 1.58. The first-order valence-electron chi connectivity index (χ1n) is 8.40. The summed E-state index contributed by atoms with van der Waals surface area (Å²) in [5.74, 6) is 0.891. The number of nitrogens with one attached hydrogen (secondary N) is 2. The van der Waals surface area contributed by atoms with E-state index in [1.807, 2.05) is 13.0 Å². The number of aryl methyl sites for hydroxylation is 1. The van der Waals surface area contributed by atoms with E-state index in [-0.39, 0.29) is 18.5 Å². The third kappa shape index (κ3) is 5.80. The molecule has 0 bridgehead atoms. The standard InChI is InChI=1S/C20H26N2O3/c1-14-7-9-16(10-8-14)15(2)12-21-20(24)22-13-19(23)17-5-4-6-18(11-17)25-3/h4-11,15,19,23H,12-13H2,1-3H3,(H2,21,22,24). The van der Waals surface area contributed by atoms with E-state index >= 15 is 0 Å². The van der Waals surface area contributed by atoms with Crippen molar-refractivity contribution in [2.75, 3.05) is 20.2 Å². The van der Waals surface area contributed by atoms with Crippen LogP contribution in [-0.2, 0) is 0 Å². The average Bonchev–Trinajstić information content (AvgIpc) is 2.64. The average molecular weight is 342 g/mol. The maximum Gasteiger partial charge on any atom is 0.314 e. The Morgan fingerprint density at radius 2 is 1.76 bits per heavy atom. The van der Waals surface area contributed by atoms with Gasteiger partial charge in [0.15, 0.2) is 0 Å². The number of hydrogen-bond donors (Lipinski definition) is 3. The molecule has 25 heavy (non-hydrogen) atoms. The number of amides is 2. The quantitative estimate of drug-likeness (QED) is 0.724. The molecule has 0 radical (unpaired) electrons. The monoisotopic (exact) mass is 342 g/mol. The Labute approximate surface area is 149 Å². The number of benzene rings is 2. The summed E-state index contributed by atoms with van der Waals surface area (Å²) >= 11 is 0. The number of aliphatic hydroxyl groups excluding tert-OH is 1. The molecule has 0 heterocycles. The van der Waals surface area contributed by atoms with Crippen molar-refractivity contribution in [2.45, 2.75) is 25.9 Å². The highest BCUT2D eigenvalue weighted by Gasteiger charge is 2.11. The maximum atomic E-state index is 11.9. The summed E-state index contributed by atoms with van der Waals surface area (Å²) in [4.78, 5) is 11.9. The first-order valence-corrected chi connectivity index (χ1v) is 8.40. The second-order valence-electron chi connectivity index (χ2n) is 6.20. The van der Waals surface area contributed by atoms with Crippen LogP contribution in [0.2, 0.25) is 0 Å². The number of rotatable bonds is 7. The molecule has 5 heteroatoms. The van der Waals surface area contributed by atoms with Crippen molar-refractivity contribution in [2.24, 2.45) is 0 Å². The number of aliphatic hydroxyl groups is 1. The summed E-state index contributed by atoms with van der Waals surface area (Å²) in [5.41, 5.74) is 3.10. The van der Waals surface area contributed by atoms with E-state index in [1.54, 1.807) is 25.3 Å². The predicted octanol–water partition coefficient (Wildman–Crippen LogP) is 3.14. The third-order valence-electron chi connectivity index (χ3n) is 4.15. The molecule has 0 aliphatic rings. The fourth-order valence-corrected chi connectivity index (χ4v) is 2.48. The smallest absolute Gasteiger partial charge is 0.314 e. The zero-order valence-electron chi connectivity index (χ0n) is 15.0. The van der Waals surface area contributed by atoms with Crippen LogP contribution in [0.25, 0.3) is 0 Å². The van der Waals surface area contributed by atoms with Crippen LogP contribution in [0.1, 0.15) is 35.6 Å². The molecule has 2 atom stereocenters. The molecule has 5 nitrogen and oxygen atoms in total. The van der Waals surface area contributed by atoms with E-state index in [0.717, 1.165) is 0 Å². The lowest BCUT2D eigenvalue weighted by Gasteiger charge is -2.16. The molecule has 134 valence electrons. The van der Waals surface area contributed by atoms with Crippen LogP contribution in [0.4, 0.5) is 4.79 Å². The molecule has 2 aromatic carbocycles. The Hall–Kier alpha value is -2.53. The Kier molecular flexibility index (Phi) is 6.83. The third-order valence-corrected chi connectivity index (χ3v) is 4.15. The minimum Gasteiger partial charge on any atom is -0.497 e. The van der Waals surface area contributed by atoms with Crippen molar-refractivity contribution >= 4 is 6.03 Å². The van der Waals surface area contributed by atoms with E-state index in [4.69, 9.17) is 4.74 Å². The maximum absolute atomic E-state index is 11.9. The molecule has 0 saturated carbocycles. The fraction of sp³-hybridized carbons (Fsp3) is 0.350. The minimum atomic E-state index is -0.782. The lowest BCUT2D eigenvalue weighted by Crippen LogP contribution is -2.39. The highest BCUT2D eigenvalue weighted by Crippen LogP contribution is 2.18. The number of carbonyl (C=O) groups is 1. The molecule has 0 saturated heterocycles. The lowest BCUT2D eigenvalue weighted by atomic mass is 10.0. The topological polar surface area (TPSA) is 70.6 Å². The van der Waals surface area contributed by atoms with Gasteiger partial charge in [-0.15, -0.1) is 0 Å². The normalized spacial score (nSPS) is 13.0. The Morgan fingerprint density at radius 3 is 2.44 bits per heavy atom. The molecule has 2 aromatic rings. The molecule has 0 aromatic heterocycles. The second kappa shape index (κ2) is 9.08. The highest BCUT2D eigenvalue weighted by molar-refractivity contribution is 5.73. The Bertz CT molecular complexity index is 686. The van der Waals surface area contributed by atoms with Gasteiger partial charge in [-0.2, -0.15) is 0 Å². The van der Waals surface area contributed by atoms with Gasteiger partial charge in [0.05, 0.1) is 13.2 Å². The van der Waals surface area contributed by atoms with Crippen LogP contribution < -0.4 is 15.4 Å². The van der Waals surface area contributed by atoms with Gasteiger partial charge in [-0.1, -0.05) is 48.9 Å². The Balaban J connectivity index is 1.77. The van der Waals surface area contributed by atoms with Crippen LogP contribution in [-0.4, -0.2) is 31.3 Å². The summed E-state index contributed by atoms with van der Waals surface area (Å²) in [6.45, 7) is 4.78. The van der Waals surface area contributed by atoms with Crippen LogP contribution in [0, 0.1) is 6.92 Å². The van der Waals surface area contributed by atoms with Gasteiger partial charge in [0, 0.05) is 13.1 Å². The molecule has 0 fully saturated rings. The molecule has 2 amide bonds. The molecule has 0 aliphatic heterocycles. The van der Waals surface area contributed by atoms with E-state index < -0.39 is 6.10 Å². The van der Waals surface area contributed by atoms with Gasteiger partial charge in [-0.05, 0) is 36.1 Å². The van der Waals surface area contributed by atoms with Gasteiger partial charge < -0.3 is 20.5 Å². The largest absolute Gasteiger partial charge is 0.497 e. The molecule has 0 spiro atoms. The van der Waals surface area contributed by atoms with Gasteiger partial charge in [-0.3, -0.25) is 0 Å². The van der Waals surface area contributed by atoms with Crippen molar-refractivity contribution in [3.8, 4) is 5.75 Å². The first kappa shape index (κ1) is 18.8. The van der Waals surface area contributed by atoms with Gasteiger partial charge in [0.1, 0.15) is 5.75 Å². The van der Waals surface area contributed by atoms with Crippen molar-refractivity contribution in [1.82, 2.24) is 10.6 Å². The van der Waals surface area contributed by atoms with Gasteiger partial charge in [0.25, 0.3) is 0 Å². The van der Waals surface area contributed by atoms with E-state index in [2.05, 4.69) is 41.8 Å². The zero-order valence-corrected chi connectivity index (χ0v) is 15.0. The second-order valence-corrected chi connectivity index (χ2v) is 6.20. The van der Waals surface area contributed by atoms with Gasteiger partial charge in [-0.25, -0.2) is 4.79 Å². The van der Waals surface area contributed by atoms with Gasteiger partial charge >= 0.3 is 6.03 Å². The lowest BCUT2D eigenvalue weighted by molar-refractivity contribution is 0.172. The van der Waals surface area contributed by atoms with Crippen LogP contribution >= 0.6 is 0 Å². The molecule has 3 N–H and O–H groups in total. The molecular weight excluding hydrogens is 316 g/mol. The van der Waals surface area contributed by atoms with E-state index in [9.17, 15) is 9.90 Å². The van der Waals surface area contributed by atoms with Crippen molar-refractivity contribution in [3.05, 3.63) is 65.2 Å². The SMILES string of the molecule is COc1cccc(C(O)CNC(=O)NCC(C)c2ccc(C)cc2)c1. The molecule has 0 aliphatic carbocycles. The predicted molar refractivity (Wildman–Crippen MR) is 98.9 cm³/mol. The number of carbonyl (C=O) groups excluding carboxylic acids is 1. The summed E-state index contributed by atoms with van der Waals surface area (Å²) in [6.07, 6.45) is -0.782.